The van der Waals surface area contributed by atoms with E-state index < -0.39 is 18.0 Å². The molecule has 3 N–H and O–H groups in total. The largest absolute Gasteiger partial charge is 0.508 e. The zero-order valence-corrected chi connectivity index (χ0v) is 7.95. The Kier molecular flexibility index (Phi) is 3.69. The molecule has 5 heteroatoms. The van der Waals surface area contributed by atoms with Crippen molar-refractivity contribution < 1.29 is 19.7 Å². The van der Waals surface area contributed by atoms with Gasteiger partial charge in [-0.1, -0.05) is 0 Å². The average molecular weight is 221 g/mol. The molecule has 0 heterocycles. The van der Waals surface area contributed by atoms with E-state index in [9.17, 15) is 9.50 Å². The zero-order chi connectivity index (χ0) is 10.7. The number of aliphatic hydroxyl groups is 2. The van der Waals surface area contributed by atoms with E-state index in [2.05, 4.69) is 0 Å². The summed E-state index contributed by atoms with van der Waals surface area (Å²) in [6.45, 7) is 0. The van der Waals surface area contributed by atoms with Gasteiger partial charge in [-0.15, -0.1) is 11.6 Å². The molecule has 0 fully saturated rings. The van der Waals surface area contributed by atoms with Crippen molar-refractivity contribution in [2.24, 2.45) is 0 Å². The molecule has 1 rings (SSSR count). The fraction of sp³-hybridized carbons (Fsp3) is 0.333. The topological polar surface area (TPSA) is 60.7 Å². The normalized spacial score (nSPS) is 15.1. The van der Waals surface area contributed by atoms with Gasteiger partial charge in [0.15, 0.2) is 0 Å². The zero-order valence-electron chi connectivity index (χ0n) is 7.19. The predicted molar refractivity (Wildman–Crippen MR) is 49.8 cm³/mol. The number of aromatic hydroxyl groups is 1. The molecule has 0 spiro atoms. The highest BCUT2D eigenvalue weighted by atomic mass is 35.5. The SMILES string of the molecule is Oc1ccc(F)c(C(O)C(O)CCl)c1. The van der Waals surface area contributed by atoms with Crippen LogP contribution in [0, 0.1) is 5.82 Å². The molecule has 0 aliphatic rings. The lowest BCUT2D eigenvalue weighted by Crippen LogP contribution is -2.20. The Balaban J connectivity index is 2.99. The Morgan fingerprint density at radius 1 is 1.36 bits per heavy atom. The fourth-order valence-electron chi connectivity index (χ4n) is 1.05. The van der Waals surface area contributed by atoms with Crippen LogP contribution in [0.15, 0.2) is 18.2 Å². The number of halogens is 2. The summed E-state index contributed by atoms with van der Waals surface area (Å²) in [5.41, 5.74) is -0.168. The maximum atomic E-state index is 13.1. The molecule has 78 valence electrons. The van der Waals surface area contributed by atoms with E-state index in [1.54, 1.807) is 0 Å². The van der Waals surface area contributed by atoms with Crippen LogP contribution in [0.2, 0.25) is 0 Å². The van der Waals surface area contributed by atoms with Crippen LogP contribution in [-0.2, 0) is 0 Å². The summed E-state index contributed by atoms with van der Waals surface area (Å²) in [6.07, 6.45) is -2.69. The lowest BCUT2D eigenvalue weighted by Gasteiger charge is -2.16. The highest BCUT2D eigenvalue weighted by Gasteiger charge is 2.20. The Bertz CT molecular complexity index is 319. The number of hydrogen-bond acceptors (Lipinski definition) is 3. The highest BCUT2D eigenvalue weighted by molar-refractivity contribution is 6.18. The lowest BCUT2D eigenvalue weighted by molar-refractivity contribution is 0.0303. The monoisotopic (exact) mass is 220 g/mol. The van der Waals surface area contributed by atoms with Gasteiger partial charge >= 0.3 is 0 Å². The van der Waals surface area contributed by atoms with Crippen molar-refractivity contribution in [1.82, 2.24) is 0 Å². The van der Waals surface area contributed by atoms with Crippen LogP contribution in [0.3, 0.4) is 0 Å². The van der Waals surface area contributed by atoms with E-state index >= 15 is 0 Å². The van der Waals surface area contributed by atoms with Crippen molar-refractivity contribution in [3.05, 3.63) is 29.6 Å². The Morgan fingerprint density at radius 2 is 2.00 bits per heavy atom. The molecule has 0 aliphatic carbocycles. The van der Waals surface area contributed by atoms with Crippen molar-refractivity contribution in [3.63, 3.8) is 0 Å². The van der Waals surface area contributed by atoms with Gasteiger partial charge < -0.3 is 15.3 Å². The van der Waals surface area contributed by atoms with Gasteiger partial charge in [0.1, 0.15) is 17.7 Å². The van der Waals surface area contributed by atoms with Gasteiger partial charge in [0.05, 0.1) is 12.0 Å². The molecule has 3 nitrogen and oxygen atoms in total. The predicted octanol–water partition coefficient (Wildman–Crippen LogP) is 1.16. The Hall–Kier alpha value is -0.840. The second-order valence-electron chi connectivity index (χ2n) is 2.87. The van der Waals surface area contributed by atoms with Crippen molar-refractivity contribution in [3.8, 4) is 5.75 Å². The van der Waals surface area contributed by atoms with Gasteiger partial charge in [0, 0.05) is 5.56 Å². The minimum absolute atomic E-state index is 0.168. The summed E-state index contributed by atoms with van der Waals surface area (Å²) in [4.78, 5) is 0. The first kappa shape index (κ1) is 11.2. The van der Waals surface area contributed by atoms with Gasteiger partial charge in [0.25, 0.3) is 0 Å². The summed E-state index contributed by atoms with van der Waals surface area (Å²) in [5.74, 6) is -1.09. The van der Waals surface area contributed by atoms with E-state index in [1.165, 1.54) is 0 Å². The summed E-state index contributed by atoms with van der Waals surface area (Å²) in [7, 11) is 0. The number of phenolic OH excluding ortho intramolecular Hbond substituents is 1. The summed E-state index contributed by atoms with van der Waals surface area (Å²) in [5, 5.41) is 27.6. The molecule has 14 heavy (non-hydrogen) atoms. The van der Waals surface area contributed by atoms with Crippen molar-refractivity contribution in [2.75, 3.05) is 5.88 Å². The Morgan fingerprint density at radius 3 is 2.57 bits per heavy atom. The fourth-order valence-corrected chi connectivity index (χ4v) is 1.22. The molecule has 0 aromatic heterocycles. The molecule has 0 aliphatic heterocycles. The second-order valence-corrected chi connectivity index (χ2v) is 3.18. The molecular weight excluding hydrogens is 211 g/mol. The lowest BCUT2D eigenvalue weighted by atomic mass is 10.0. The minimum Gasteiger partial charge on any atom is -0.508 e. The quantitative estimate of drug-likeness (QED) is 0.670. The van der Waals surface area contributed by atoms with Crippen LogP contribution in [0.25, 0.3) is 0 Å². The molecule has 0 bridgehead atoms. The number of alkyl halides is 1. The van der Waals surface area contributed by atoms with Crippen LogP contribution in [0.1, 0.15) is 11.7 Å². The second kappa shape index (κ2) is 4.59. The third kappa shape index (κ3) is 2.35. The van der Waals surface area contributed by atoms with Crippen molar-refractivity contribution >= 4 is 11.6 Å². The minimum atomic E-state index is -1.43. The molecule has 2 atom stereocenters. The van der Waals surface area contributed by atoms with Crippen LogP contribution < -0.4 is 0 Å². The van der Waals surface area contributed by atoms with E-state index in [0.717, 1.165) is 18.2 Å². The Labute approximate surface area is 85.4 Å². The summed E-state index contributed by atoms with van der Waals surface area (Å²) < 4.78 is 13.1. The highest BCUT2D eigenvalue weighted by Crippen LogP contribution is 2.24. The van der Waals surface area contributed by atoms with Crippen LogP contribution in [0.5, 0.6) is 5.75 Å². The first-order chi connectivity index (χ1) is 6.56. The van der Waals surface area contributed by atoms with E-state index in [0.29, 0.717) is 0 Å². The van der Waals surface area contributed by atoms with Gasteiger partial charge in [-0.25, -0.2) is 4.39 Å². The maximum Gasteiger partial charge on any atom is 0.129 e. The molecule has 1 aromatic carbocycles. The number of hydrogen-bond donors (Lipinski definition) is 3. The van der Waals surface area contributed by atoms with Gasteiger partial charge in [-0.3, -0.25) is 0 Å². The molecule has 2 unspecified atom stereocenters. The molecular formula is C9H10ClFO3. The van der Waals surface area contributed by atoms with Gasteiger partial charge in [0.2, 0.25) is 0 Å². The molecule has 1 aromatic rings. The van der Waals surface area contributed by atoms with Gasteiger partial charge in [-0.05, 0) is 18.2 Å². The van der Waals surface area contributed by atoms with Gasteiger partial charge in [-0.2, -0.15) is 0 Å². The summed E-state index contributed by atoms with van der Waals surface area (Å²) in [6, 6.07) is 3.21. The van der Waals surface area contributed by atoms with Crippen LogP contribution >= 0.6 is 11.6 Å². The number of aliphatic hydroxyl groups excluding tert-OH is 2. The van der Waals surface area contributed by atoms with Crippen molar-refractivity contribution in [2.45, 2.75) is 12.2 Å². The number of rotatable bonds is 3. The molecule has 0 saturated heterocycles. The number of benzene rings is 1. The van der Waals surface area contributed by atoms with Crippen molar-refractivity contribution in [1.29, 1.82) is 0 Å². The van der Waals surface area contributed by atoms with E-state index in [1.807, 2.05) is 0 Å². The molecule has 0 saturated carbocycles. The molecule has 0 amide bonds. The molecule has 0 radical (unpaired) electrons. The maximum absolute atomic E-state index is 13.1. The third-order valence-electron chi connectivity index (χ3n) is 1.82. The average Bonchev–Trinajstić information content (AvgIpc) is 2.19. The first-order valence-electron chi connectivity index (χ1n) is 3.96. The van der Waals surface area contributed by atoms with Crippen LogP contribution in [-0.4, -0.2) is 27.3 Å². The van der Waals surface area contributed by atoms with E-state index in [-0.39, 0.29) is 17.2 Å². The van der Waals surface area contributed by atoms with Crippen LogP contribution in [0.4, 0.5) is 4.39 Å². The first-order valence-corrected chi connectivity index (χ1v) is 4.50. The standard InChI is InChI=1S/C9H10ClFO3/c10-4-8(13)9(14)6-3-5(12)1-2-7(6)11/h1-3,8-9,12-14H,4H2. The summed E-state index contributed by atoms with van der Waals surface area (Å²) >= 11 is 5.29. The smallest absolute Gasteiger partial charge is 0.129 e. The van der Waals surface area contributed by atoms with E-state index in [4.69, 9.17) is 21.8 Å². The third-order valence-corrected chi connectivity index (χ3v) is 2.14. The number of phenols is 1.